The third-order valence-corrected chi connectivity index (χ3v) is 9.13. The average Bonchev–Trinajstić information content (AvgIpc) is 3.38. The molecule has 0 radical (unpaired) electrons. The van der Waals surface area contributed by atoms with Crippen molar-refractivity contribution >= 4 is 11.8 Å². The Morgan fingerprint density at radius 2 is 1.73 bits per heavy atom. The van der Waals surface area contributed by atoms with Crippen molar-refractivity contribution in [3.8, 4) is 0 Å². The summed E-state index contributed by atoms with van der Waals surface area (Å²) in [4.78, 5) is 29.4. The Hall–Kier alpha value is -3.62. The maximum atomic E-state index is 14.2. The fraction of sp³-hybridized carbons (Fsp3) is 0.444. The van der Waals surface area contributed by atoms with Gasteiger partial charge in [0.2, 0.25) is 11.8 Å². The van der Waals surface area contributed by atoms with Gasteiger partial charge in [-0.1, -0.05) is 74.4 Å². The highest BCUT2D eigenvalue weighted by Gasteiger charge is 2.40. The number of nitrogens with one attached hydrogen (secondary N) is 2. The number of nitrogens with zero attached hydrogens (tertiary/aromatic N) is 1. The first-order valence-electron chi connectivity index (χ1n) is 15.9. The molecule has 3 N–H and O–H groups in total. The predicted molar refractivity (Wildman–Crippen MR) is 167 cm³/mol. The van der Waals surface area contributed by atoms with Crippen LogP contribution in [-0.2, 0) is 35.4 Å². The summed E-state index contributed by atoms with van der Waals surface area (Å²) in [7, 11) is 0. The number of likely N-dealkylation sites (tertiary alicyclic amines) is 1. The van der Waals surface area contributed by atoms with Crippen molar-refractivity contribution in [2.75, 3.05) is 6.54 Å². The van der Waals surface area contributed by atoms with E-state index >= 15 is 0 Å². The van der Waals surface area contributed by atoms with Crippen LogP contribution in [0, 0.1) is 17.6 Å². The minimum Gasteiger partial charge on any atom is -0.389 e. The quantitative estimate of drug-likeness (QED) is 0.254. The number of aliphatic hydroxyl groups is 1. The molecule has 2 amide bonds. The number of aryl methyl sites for hydroxylation is 1. The molecule has 3 aromatic carbocycles. The molecule has 6 nitrogen and oxygen atoms in total. The van der Waals surface area contributed by atoms with E-state index in [9.17, 15) is 23.5 Å². The molecule has 0 unspecified atom stereocenters. The van der Waals surface area contributed by atoms with Crippen molar-refractivity contribution in [3.05, 3.63) is 107 Å². The number of hydrogen-bond donors (Lipinski definition) is 3. The maximum absolute atomic E-state index is 14.2. The van der Waals surface area contributed by atoms with E-state index in [1.165, 1.54) is 12.1 Å². The van der Waals surface area contributed by atoms with E-state index in [2.05, 4.69) is 17.6 Å². The zero-order chi connectivity index (χ0) is 31.1. The average molecular weight is 604 g/mol. The summed E-state index contributed by atoms with van der Waals surface area (Å²) in [5, 5.41) is 18.1. The lowest BCUT2D eigenvalue weighted by Crippen LogP contribution is -2.58. The molecule has 2 aliphatic heterocycles. The van der Waals surface area contributed by atoms with Crippen LogP contribution in [0.25, 0.3) is 0 Å². The molecule has 0 aliphatic carbocycles. The third kappa shape index (κ3) is 7.90. The Kier molecular flexibility index (Phi) is 10.8. The number of halogens is 2. The number of aliphatic hydroxyl groups excluding tert-OH is 1. The van der Waals surface area contributed by atoms with Gasteiger partial charge in [-0.05, 0) is 72.9 Å². The van der Waals surface area contributed by atoms with Gasteiger partial charge in [0.1, 0.15) is 17.7 Å². The van der Waals surface area contributed by atoms with Gasteiger partial charge >= 0.3 is 0 Å². The SMILES string of the molecule is CCCC[C@H]1CCN([C@@H](CCc2ccccc2)C(=O)N[C@@H](Cc2cc(F)cc(F)c2)[C@H](O)[C@H]2Cc3ccccc3CN2)C1=O. The first-order valence-corrected chi connectivity index (χ1v) is 15.9. The van der Waals surface area contributed by atoms with Crippen LogP contribution < -0.4 is 10.6 Å². The van der Waals surface area contributed by atoms with Crippen LogP contribution in [0.5, 0.6) is 0 Å². The summed E-state index contributed by atoms with van der Waals surface area (Å²) in [5.74, 6) is -1.88. The minimum atomic E-state index is -1.06. The second-order valence-corrected chi connectivity index (χ2v) is 12.2. The van der Waals surface area contributed by atoms with Gasteiger partial charge in [0.05, 0.1) is 12.1 Å². The molecular weight excluding hydrogens is 560 g/mol. The molecule has 1 saturated heterocycles. The molecule has 1 fully saturated rings. The van der Waals surface area contributed by atoms with Gasteiger partial charge in [0.15, 0.2) is 0 Å². The monoisotopic (exact) mass is 603 g/mol. The molecule has 5 atom stereocenters. The number of carbonyl (C=O) groups excluding carboxylic acids is 2. The predicted octanol–water partition coefficient (Wildman–Crippen LogP) is 5.11. The molecule has 2 aliphatic rings. The third-order valence-electron chi connectivity index (χ3n) is 9.13. The van der Waals surface area contributed by atoms with Gasteiger partial charge in [-0.15, -0.1) is 0 Å². The molecule has 0 spiro atoms. The lowest BCUT2D eigenvalue weighted by atomic mass is 9.88. The molecule has 0 saturated carbocycles. The fourth-order valence-corrected chi connectivity index (χ4v) is 6.69. The summed E-state index contributed by atoms with van der Waals surface area (Å²) in [6, 6.07) is 19.1. The van der Waals surface area contributed by atoms with E-state index < -0.39 is 29.8 Å². The van der Waals surface area contributed by atoms with Crippen molar-refractivity contribution in [1.82, 2.24) is 15.5 Å². The first kappa shape index (κ1) is 31.8. The Labute approximate surface area is 258 Å². The highest BCUT2D eigenvalue weighted by Crippen LogP contribution is 2.28. The summed E-state index contributed by atoms with van der Waals surface area (Å²) in [6.45, 7) is 3.17. The lowest BCUT2D eigenvalue weighted by Gasteiger charge is -2.36. The Balaban J connectivity index is 1.39. The highest BCUT2D eigenvalue weighted by molar-refractivity contribution is 5.89. The largest absolute Gasteiger partial charge is 0.389 e. The van der Waals surface area contributed by atoms with E-state index in [4.69, 9.17) is 0 Å². The van der Waals surface area contributed by atoms with Gasteiger partial charge in [-0.2, -0.15) is 0 Å². The normalized spacial score (nSPS) is 20.2. The van der Waals surface area contributed by atoms with Gasteiger partial charge < -0.3 is 20.6 Å². The van der Waals surface area contributed by atoms with E-state index in [0.29, 0.717) is 44.3 Å². The number of hydrogen-bond acceptors (Lipinski definition) is 4. The Bertz CT molecular complexity index is 1400. The number of carbonyl (C=O) groups is 2. The summed E-state index contributed by atoms with van der Waals surface area (Å²) < 4.78 is 28.4. The fourth-order valence-electron chi connectivity index (χ4n) is 6.69. The van der Waals surface area contributed by atoms with Crippen molar-refractivity contribution in [2.45, 2.75) is 89.1 Å². The molecule has 0 aromatic heterocycles. The van der Waals surface area contributed by atoms with Crippen molar-refractivity contribution < 1.29 is 23.5 Å². The molecular formula is C36H43F2N3O3. The van der Waals surface area contributed by atoms with Crippen LogP contribution >= 0.6 is 0 Å². The number of fused-ring (bicyclic) bond motifs is 1. The lowest BCUT2D eigenvalue weighted by molar-refractivity contribution is -0.140. The Morgan fingerprint density at radius 1 is 1.02 bits per heavy atom. The summed E-state index contributed by atoms with van der Waals surface area (Å²) in [5.41, 5.74) is 3.66. The van der Waals surface area contributed by atoms with E-state index in [1.807, 2.05) is 54.6 Å². The maximum Gasteiger partial charge on any atom is 0.243 e. The standard InChI is InChI=1S/C36H43F2N3O3/c1-2-3-11-26-16-17-41(36(26)44)33(15-14-24-9-5-4-6-10-24)35(43)40-32(20-25-18-29(37)22-30(38)19-25)34(42)31-21-27-12-7-8-13-28(27)23-39-31/h4-10,12-13,18-19,22,26,31-34,39,42H,2-3,11,14-17,20-21,23H2,1H3,(H,40,43)/t26-,31+,32-,33-,34+/m0/s1. The number of amides is 2. The number of rotatable bonds is 13. The van der Waals surface area contributed by atoms with Gasteiger partial charge in [0.25, 0.3) is 0 Å². The molecule has 5 rings (SSSR count). The van der Waals surface area contributed by atoms with Crippen LogP contribution in [-0.4, -0.2) is 52.6 Å². The second-order valence-electron chi connectivity index (χ2n) is 12.2. The Morgan fingerprint density at radius 3 is 2.45 bits per heavy atom. The topological polar surface area (TPSA) is 81.7 Å². The molecule has 3 aromatic rings. The van der Waals surface area contributed by atoms with E-state index in [1.54, 1.807) is 4.90 Å². The van der Waals surface area contributed by atoms with Crippen molar-refractivity contribution in [2.24, 2.45) is 5.92 Å². The molecule has 44 heavy (non-hydrogen) atoms. The van der Waals surface area contributed by atoms with Crippen LogP contribution in [0.3, 0.4) is 0 Å². The molecule has 234 valence electrons. The van der Waals surface area contributed by atoms with Gasteiger partial charge in [-0.25, -0.2) is 8.78 Å². The van der Waals surface area contributed by atoms with Gasteiger partial charge in [-0.3, -0.25) is 9.59 Å². The smallest absolute Gasteiger partial charge is 0.243 e. The highest BCUT2D eigenvalue weighted by atomic mass is 19.1. The second kappa shape index (κ2) is 14.9. The van der Waals surface area contributed by atoms with Crippen LogP contribution in [0.15, 0.2) is 72.8 Å². The van der Waals surface area contributed by atoms with E-state index in [0.717, 1.165) is 42.0 Å². The summed E-state index contributed by atoms with van der Waals surface area (Å²) in [6.07, 6.45) is 4.03. The number of unbranched alkanes of at least 4 members (excludes halogenated alkanes) is 1. The molecule has 2 heterocycles. The zero-order valence-corrected chi connectivity index (χ0v) is 25.4. The van der Waals surface area contributed by atoms with Gasteiger partial charge in [0, 0.05) is 31.1 Å². The summed E-state index contributed by atoms with van der Waals surface area (Å²) >= 11 is 0. The zero-order valence-electron chi connectivity index (χ0n) is 25.4. The van der Waals surface area contributed by atoms with Crippen LogP contribution in [0.1, 0.15) is 61.3 Å². The van der Waals surface area contributed by atoms with E-state index in [-0.39, 0.29) is 30.2 Å². The number of benzene rings is 3. The molecule has 0 bridgehead atoms. The van der Waals surface area contributed by atoms with Crippen molar-refractivity contribution in [3.63, 3.8) is 0 Å². The molecule has 8 heteroatoms. The van der Waals surface area contributed by atoms with Crippen molar-refractivity contribution in [1.29, 1.82) is 0 Å². The van der Waals surface area contributed by atoms with Crippen LogP contribution in [0.2, 0.25) is 0 Å². The van der Waals surface area contributed by atoms with Crippen LogP contribution in [0.4, 0.5) is 8.78 Å². The first-order chi connectivity index (χ1) is 21.3. The minimum absolute atomic E-state index is 0.00140.